The van der Waals surface area contributed by atoms with Crippen LogP contribution in [0, 0.1) is 23.4 Å². The minimum absolute atomic E-state index is 0.102. The minimum Gasteiger partial charge on any atom is -0.477 e. The van der Waals surface area contributed by atoms with Crippen LogP contribution in [-0.4, -0.2) is 30.5 Å². The number of hydrogen-bond acceptors (Lipinski definition) is 3. The van der Waals surface area contributed by atoms with Crippen LogP contribution in [0.2, 0.25) is 0 Å². The highest BCUT2D eigenvalue weighted by Crippen LogP contribution is 2.19. The van der Waals surface area contributed by atoms with Gasteiger partial charge in [0.15, 0.2) is 0 Å². The molecule has 0 unspecified atom stereocenters. The normalized spacial score (nSPS) is 17.2. The van der Waals surface area contributed by atoms with Crippen molar-refractivity contribution in [1.82, 2.24) is 5.32 Å². The largest absolute Gasteiger partial charge is 0.477 e. The quantitative estimate of drug-likeness (QED) is 0.813. The van der Waals surface area contributed by atoms with E-state index in [0.717, 1.165) is 5.56 Å². The highest BCUT2D eigenvalue weighted by molar-refractivity contribution is 5.98. The van der Waals surface area contributed by atoms with E-state index in [-0.39, 0.29) is 12.0 Å². The Kier molecular flexibility index (Phi) is 6.02. The molecule has 0 bridgehead atoms. The predicted molar refractivity (Wildman–Crippen MR) is 99.7 cm³/mol. The summed E-state index contributed by atoms with van der Waals surface area (Å²) in [7, 11) is 0. The maximum absolute atomic E-state index is 13.9. The molecule has 0 radical (unpaired) electrons. The molecule has 148 valence electrons. The molecule has 0 saturated heterocycles. The first-order valence-electron chi connectivity index (χ1n) is 9.05. The van der Waals surface area contributed by atoms with Gasteiger partial charge in [-0.25, -0.2) is 18.2 Å². The minimum atomic E-state index is -1.26. The maximum atomic E-state index is 13.9. The summed E-state index contributed by atoms with van der Waals surface area (Å²) >= 11 is 0. The third kappa shape index (κ3) is 4.52. The summed E-state index contributed by atoms with van der Waals surface area (Å²) in [6.07, 6.45) is 0.685. The van der Waals surface area contributed by atoms with Gasteiger partial charge in [-0.3, -0.25) is 4.79 Å². The molecule has 1 aliphatic rings. The van der Waals surface area contributed by atoms with Gasteiger partial charge < -0.3 is 10.1 Å². The molecule has 0 aromatic heterocycles. The fraction of sp³-hybridized carbons (Fsp3) is 0.333. The third-order valence-electron chi connectivity index (χ3n) is 4.50. The molecule has 4 nitrogen and oxygen atoms in total. The van der Waals surface area contributed by atoms with Crippen molar-refractivity contribution in [1.29, 1.82) is 0 Å². The first-order chi connectivity index (χ1) is 13.3. The van der Waals surface area contributed by atoms with E-state index in [1.807, 2.05) is 44.2 Å². The van der Waals surface area contributed by atoms with Gasteiger partial charge in [0.25, 0.3) is 5.91 Å². The number of carbonyl (C=O) groups is 1. The topological polar surface area (TPSA) is 50.7 Å². The number of hydrogen-bond donors (Lipinski definition) is 1. The average Bonchev–Trinajstić information content (AvgIpc) is 3.07. The molecule has 2 atom stereocenters. The van der Waals surface area contributed by atoms with Crippen molar-refractivity contribution in [3.63, 3.8) is 0 Å². The number of nitrogens with zero attached hydrogens (tertiary/aromatic N) is 1. The van der Waals surface area contributed by atoms with E-state index in [1.165, 1.54) is 0 Å². The molecule has 1 amide bonds. The van der Waals surface area contributed by atoms with Crippen molar-refractivity contribution in [3.05, 3.63) is 71.0 Å². The van der Waals surface area contributed by atoms with E-state index in [4.69, 9.17) is 4.74 Å². The third-order valence-corrected chi connectivity index (χ3v) is 4.50. The lowest BCUT2D eigenvalue weighted by molar-refractivity contribution is 0.0925. The smallest absolute Gasteiger partial charge is 0.257 e. The van der Waals surface area contributed by atoms with Crippen LogP contribution in [0.3, 0.4) is 0 Å². The molecular formula is C21H21F3N2O2. The van der Waals surface area contributed by atoms with Gasteiger partial charge in [0, 0.05) is 12.1 Å². The molecule has 1 aliphatic heterocycles. The van der Waals surface area contributed by atoms with Gasteiger partial charge in [-0.2, -0.15) is 0 Å². The monoisotopic (exact) mass is 390 g/mol. The van der Waals surface area contributed by atoms with Gasteiger partial charge in [-0.1, -0.05) is 44.2 Å². The van der Waals surface area contributed by atoms with Crippen molar-refractivity contribution < 1.29 is 22.7 Å². The zero-order valence-corrected chi connectivity index (χ0v) is 15.6. The summed E-state index contributed by atoms with van der Waals surface area (Å²) in [6.45, 7) is 4.03. The molecule has 0 fully saturated rings. The number of ether oxygens (including phenoxy) is 1. The highest BCUT2D eigenvalue weighted by atomic mass is 19.1. The first-order valence-corrected chi connectivity index (χ1v) is 9.05. The number of rotatable bonds is 6. The second-order valence-corrected chi connectivity index (χ2v) is 7.06. The summed E-state index contributed by atoms with van der Waals surface area (Å²) in [5.41, 5.74) is 0.285. The van der Waals surface area contributed by atoms with Gasteiger partial charge in [0.2, 0.25) is 5.90 Å². The Balaban J connectivity index is 1.75. The zero-order chi connectivity index (χ0) is 20.3. The number of amides is 1. The van der Waals surface area contributed by atoms with Crippen LogP contribution < -0.4 is 5.32 Å². The molecule has 2 aromatic rings. The van der Waals surface area contributed by atoms with Gasteiger partial charge in [0.1, 0.15) is 35.7 Å². The predicted octanol–water partition coefficient (Wildman–Crippen LogP) is 3.90. The molecule has 1 N–H and O–H groups in total. The molecule has 2 aromatic carbocycles. The van der Waals surface area contributed by atoms with E-state index in [0.29, 0.717) is 31.1 Å². The second-order valence-electron chi connectivity index (χ2n) is 7.06. The molecule has 7 heteroatoms. The highest BCUT2D eigenvalue weighted by Gasteiger charge is 2.31. The van der Waals surface area contributed by atoms with Crippen LogP contribution in [0.25, 0.3) is 0 Å². The first kappa shape index (κ1) is 19.9. The second kappa shape index (κ2) is 8.46. The van der Waals surface area contributed by atoms with Crippen molar-refractivity contribution >= 4 is 11.8 Å². The van der Waals surface area contributed by atoms with Crippen LogP contribution in [0.1, 0.15) is 29.8 Å². The number of aliphatic imine (C=N–C) groups is 1. The summed E-state index contributed by atoms with van der Waals surface area (Å²) < 4.78 is 46.5. The summed E-state index contributed by atoms with van der Waals surface area (Å²) in [5, 5.41) is 2.56. The van der Waals surface area contributed by atoms with Crippen molar-refractivity contribution in [2.45, 2.75) is 32.4 Å². The van der Waals surface area contributed by atoms with Gasteiger partial charge in [0.05, 0.1) is 6.04 Å². The van der Waals surface area contributed by atoms with Gasteiger partial charge in [-0.05, 0) is 17.9 Å². The lowest BCUT2D eigenvalue weighted by Gasteiger charge is -2.22. The van der Waals surface area contributed by atoms with E-state index in [9.17, 15) is 18.0 Å². The maximum Gasteiger partial charge on any atom is 0.257 e. The van der Waals surface area contributed by atoms with E-state index in [1.54, 1.807) is 0 Å². The Morgan fingerprint density at radius 3 is 2.43 bits per heavy atom. The van der Waals surface area contributed by atoms with E-state index in [2.05, 4.69) is 10.3 Å². The average molecular weight is 390 g/mol. The number of nitrogens with one attached hydrogen (secondary N) is 1. The van der Waals surface area contributed by atoms with E-state index < -0.39 is 35.0 Å². The number of carbonyl (C=O) groups excluding carboxylic acids is 1. The standard InChI is InChI=1S/C21H21F3N2O2/c1-12(2)19(26-20(27)18-16(23)9-14(22)10-17(18)24)21-25-15(11-28-21)8-13-6-4-3-5-7-13/h3-7,9-10,12,15,19H,8,11H2,1-2H3,(H,26,27)/t15-,19-/m0/s1. The fourth-order valence-electron chi connectivity index (χ4n) is 3.08. The molecule has 0 aliphatic carbocycles. The van der Waals surface area contributed by atoms with Crippen LogP contribution in [-0.2, 0) is 11.2 Å². The van der Waals surface area contributed by atoms with Crippen LogP contribution in [0.15, 0.2) is 47.5 Å². The number of halogens is 3. The van der Waals surface area contributed by atoms with Crippen molar-refractivity contribution in [2.75, 3.05) is 6.61 Å². The number of benzene rings is 2. The molecule has 1 heterocycles. The lowest BCUT2D eigenvalue weighted by atomic mass is 10.0. The molecule has 28 heavy (non-hydrogen) atoms. The Hall–Kier alpha value is -2.83. The molecule has 0 spiro atoms. The fourth-order valence-corrected chi connectivity index (χ4v) is 3.08. The van der Waals surface area contributed by atoms with Crippen LogP contribution >= 0.6 is 0 Å². The SMILES string of the molecule is CC(C)[C@H](NC(=O)c1c(F)cc(F)cc1F)C1=N[C@@H](Cc2ccccc2)CO1. The molecule has 3 rings (SSSR count). The van der Waals surface area contributed by atoms with Crippen molar-refractivity contribution in [2.24, 2.45) is 10.9 Å². The zero-order valence-electron chi connectivity index (χ0n) is 15.6. The Bertz CT molecular complexity index is 861. The van der Waals surface area contributed by atoms with Gasteiger partial charge >= 0.3 is 0 Å². The summed E-state index contributed by atoms with van der Waals surface area (Å²) in [4.78, 5) is 17.0. The Morgan fingerprint density at radius 2 is 1.82 bits per heavy atom. The lowest BCUT2D eigenvalue weighted by Crippen LogP contribution is -2.45. The molecular weight excluding hydrogens is 369 g/mol. The van der Waals surface area contributed by atoms with Gasteiger partial charge in [-0.15, -0.1) is 0 Å². The van der Waals surface area contributed by atoms with Crippen LogP contribution in [0.4, 0.5) is 13.2 Å². The summed E-state index contributed by atoms with van der Waals surface area (Å²) in [5.74, 6) is -4.38. The van der Waals surface area contributed by atoms with E-state index >= 15 is 0 Å². The van der Waals surface area contributed by atoms with Crippen molar-refractivity contribution in [3.8, 4) is 0 Å². The summed E-state index contributed by atoms with van der Waals surface area (Å²) in [6, 6.07) is 10.00. The Labute approximate surface area is 161 Å². The van der Waals surface area contributed by atoms with Crippen LogP contribution in [0.5, 0.6) is 0 Å². The Morgan fingerprint density at radius 1 is 1.18 bits per heavy atom. The molecule has 0 saturated carbocycles.